The van der Waals surface area contributed by atoms with Crippen molar-refractivity contribution in [2.45, 2.75) is 25.5 Å². The van der Waals surface area contributed by atoms with Crippen molar-refractivity contribution >= 4 is 17.7 Å². The van der Waals surface area contributed by atoms with Crippen molar-refractivity contribution in [1.29, 1.82) is 0 Å². The van der Waals surface area contributed by atoms with Crippen LogP contribution in [0.3, 0.4) is 0 Å². The minimum absolute atomic E-state index is 0.105. The molecular weight excluding hydrogens is 348 g/mol. The lowest BCUT2D eigenvalue weighted by molar-refractivity contribution is -0.127. The highest BCUT2D eigenvalue weighted by Gasteiger charge is 2.18. The van der Waals surface area contributed by atoms with Crippen LogP contribution >= 0.6 is 11.8 Å². The highest BCUT2D eigenvalue weighted by atomic mass is 32.2. The first-order chi connectivity index (χ1) is 12.7. The summed E-state index contributed by atoms with van der Waals surface area (Å²) in [5.41, 5.74) is 1.14. The average Bonchev–Trinajstić information content (AvgIpc) is 3.32. The second-order valence-electron chi connectivity index (χ2n) is 5.71. The van der Waals surface area contributed by atoms with E-state index in [1.165, 1.54) is 11.8 Å². The number of rotatable bonds is 8. The first-order valence-corrected chi connectivity index (χ1v) is 9.63. The summed E-state index contributed by atoms with van der Waals surface area (Å²) in [6, 6.07) is 13.8. The summed E-state index contributed by atoms with van der Waals surface area (Å²) in [4.78, 5) is 14.1. The minimum atomic E-state index is 0.105. The molecule has 0 bridgehead atoms. The molecule has 136 valence electrons. The maximum absolute atomic E-state index is 12.3. The number of benzene rings is 1. The highest BCUT2D eigenvalue weighted by Crippen LogP contribution is 2.25. The van der Waals surface area contributed by atoms with Crippen LogP contribution in [0.5, 0.6) is 0 Å². The van der Waals surface area contributed by atoms with Crippen LogP contribution in [0, 0.1) is 0 Å². The van der Waals surface area contributed by atoms with E-state index in [1.807, 2.05) is 53.6 Å². The van der Waals surface area contributed by atoms with E-state index < -0.39 is 0 Å². The molecule has 2 aromatic heterocycles. The number of nitrogens with zero attached hydrogens (tertiary/aromatic N) is 4. The number of amides is 1. The fourth-order valence-corrected chi connectivity index (χ4v) is 3.53. The lowest BCUT2D eigenvalue weighted by Gasteiger charge is -2.18. The van der Waals surface area contributed by atoms with E-state index in [0.29, 0.717) is 42.1 Å². The molecular formula is C19H22N4O2S. The zero-order valence-electron chi connectivity index (χ0n) is 15.0. The van der Waals surface area contributed by atoms with Gasteiger partial charge in [0.05, 0.1) is 18.6 Å². The van der Waals surface area contributed by atoms with Crippen molar-refractivity contribution in [1.82, 2.24) is 19.7 Å². The first-order valence-electron chi connectivity index (χ1n) is 8.64. The van der Waals surface area contributed by atoms with Crippen LogP contribution in [-0.4, -0.2) is 44.4 Å². The largest absolute Gasteiger partial charge is 0.461 e. The summed E-state index contributed by atoms with van der Waals surface area (Å²) < 4.78 is 7.50. The van der Waals surface area contributed by atoms with Crippen molar-refractivity contribution in [3.63, 3.8) is 0 Å². The Kier molecular flexibility index (Phi) is 6.12. The molecule has 0 spiro atoms. The molecule has 6 nitrogen and oxygen atoms in total. The average molecular weight is 370 g/mol. The summed E-state index contributed by atoms with van der Waals surface area (Å²) in [5, 5.41) is 9.30. The van der Waals surface area contributed by atoms with Gasteiger partial charge >= 0.3 is 0 Å². The maximum atomic E-state index is 12.3. The Morgan fingerprint density at radius 2 is 1.88 bits per heavy atom. The van der Waals surface area contributed by atoms with Crippen LogP contribution in [0.2, 0.25) is 0 Å². The van der Waals surface area contributed by atoms with E-state index in [-0.39, 0.29) is 5.91 Å². The van der Waals surface area contributed by atoms with Crippen molar-refractivity contribution in [2.24, 2.45) is 0 Å². The quantitative estimate of drug-likeness (QED) is 0.568. The maximum Gasteiger partial charge on any atom is 0.233 e. The smallest absolute Gasteiger partial charge is 0.233 e. The van der Waals surface area contributed by atoms with Gasteiger partial charge in [0.15, 0.2) is 10.9 Å². The summed E-state index contributed by atoms with van der Waals surface area (Å²) in [6.45, 7) is 6.01. The zero-order valence-corrected chi connectivity index (χ0v) is 15.8. The van der Waals surface area contributed by atoms with Gasteiger partial charge in [0.1, 0.15) is 0 Å². The van der Waals surface area contributed by atoms with Gasteiger partial charge in [-0.2, -0.15) is 0 Å². The molecule has 0 saturated heterocycles. The summed E-state index contributed by atoms with van der Waals surface area (Å²) in [7, 11) is 0. The molecule has 1 amide bonds. The van der Waals surface area contributed by atoms with Gasteiger partial charge in [-0.3, -0.25) is 9.36 Å². The molecule has 7 heteroatoms. The van der Waals surface area contributed by atoms with Gasteiger partial charge in [0.2, 0.25) is 11.7 Å². The molecule has 0 radical (unpaired) electrons. The van der Waals surface area contributed by atoms with E-state index in [0.717, 1.165) is 5.56 Å². The van der Waals surface area contributed by atoms with Gasteiger partial charge in [-0.05, 0) is 31.5 Å². The summed E-state index contributed by atoms with van der Waals surface area (Å²) >= 11 is 1.41. The molecule has 3 aromatic rings. The minimum Gasteiger partial charge on any atom is -0.461 e. The van der Waals surface area contributed by atoms with Gasteiger partial charge in [-0.15, -0.1) is 10.2 Å². The van der Waals surface area contributed by atoms with Gasteiger partial charge in [0, 0.05) is 13.1 Å². The fraction of sp³-hybridized carbons (Fsp3) is 0.316. The lowest BCUT2D eigenvalue weighted by Crippen LogP contribution is -2.31. The van der Waals surface area contributed by atoms with Crippen molar-refractivity contribution in [2.75, 3.05) is 18.8 Å². The standard InChI is InChI=1S/C19H22N4O2S/c1-3-22(4-2)17(24)14-26-19-21-20-18(16-11-8-12-25-16)23(19)13-15-9-6-5-7-10-15/h5-12H,3-4,13-14H2,1-2H3. The molecule has 0 unspecified atom stereocenters. The van der Waals surface area contributed by atoms with Crippen LogP contribution in [0.4, 0.5) is 0 Å². The Bertz CT molecular complexity index is 827. The molecule has 0 aliphatic rings. The van der Waals surface area contributed by atoms with Gasteiger partial charge in [-0.25, -0.2) is 0 Å². The summed E-state index contributed by atoms with van der Waals surface area (Å²) in [6.07, 6.45) is 1.62. The van der Waals surface area contributed by atoms with Crippen molar-refractivity contribution in [3.8, 4) is 11.6 Å². The predicted molar refractivity (Wildman–Crippen MR) is 102 cm³/mol. The Balaban J connectivity index is 1.84. The van der Waals surface area contributed by atoms with E-state index in [1.54, 1.807) is 6.26 Å². The second kappa shape index (κ2) is 8.71. The normalized spacial score (nSPS) is 10.8. The molecule has 0 fully saturated rings. The number of carbonyl (C=O) groups is 1. The van der Waals surface area contributed by atoms with Crippen molar-refractivity contribution in [3.05, 3.63) is 54.3 Å². The van der Waals surface area contributed by atoms with E-state index in [4.69, 9.17) is 4.42 Å². The van der Waals surface area contributed by atoms with E-state index in [2.05, 4.69) is 22.3 Å². The van der Waals surface area contributed by atoms with E-state index in [9.17, 15) is 4.79 Å². The van der Waals surface area contributed by atoms with E-state index >= 15 is 0 Å². The highest BCUT2D eigenvalue weighted by molar-refractivity contribution is 7.99. The first kappa shape index (κ1) is 18.3. The topological polar surface area (TPSA) is 64.2 Å². The van der Waals surface area contributed by atoms with Crippen LogP contribution in [-0.2, 0) is 11.3 Å². The number of hydrogen-bond acceptors (Lipinski definition) is 5. The lowest BCUT2D eigenvalue weighted by atomic mass is 10.2. The van der Waals surface area contributed by atoms with Gasteiger partial charge in [-0.1, -0.05) is 42.1 Å². The van der Waals surface area contributed by atoms with Crippen molar-refractivity contribution < 1.29 is 9.21 Å². The molecule has 0 N–H and O–H groups in total. The number of thioether (sulfide) groups is 1. The van der Waals surface area contributed by atoms with Crippen LogP contribution < -0.4 is 0 Å². The molecule has 0 atom stereocenters. The van der Waals surface area contributed by atoms with Crippen LogP contribution in [0.25, 0.3) is 11.6 Å². The molecule has 0 saturated carbocycles. The molecule has 2 heterocycles. The number of aromatic nitrogens is 3. The predicted octanol–water partition coefficient (Wildman–Crippen LogP) is 3.55. The number of carbonyl (C=O) groups excluding carboxylic acids is 1. The zero-order chi connectivity index (χ0) is 18.4. The molecule has 0 aliphatic carbocycles. The third kappa shape index (κ3) is 4.16. The molecule has 1 aromatic carbocycles. The van der Waals surface area contributed by atoms with Gasteiger partial charge < -0.3 is 9.32 Å². The fourth-order valence-electron chi connectivity index (χ4n) is 2.69. The molecule has 26 heavy (non-hydrogen) atoms. The van der Waals surface area contributed by atoms with Gasteiger partial charge in [0.25, 0.3) is 0 Å². The monoisotopic (exact) mass is 370 g/mol. The van der Waals surface area contributed by atoms with Crippen LogP contribution in [0.1, 0.15) is 19.4 Å². The summed E-state index contributed by atoms with van der Waals surface area (Å²) in [5.74, 6) is 1.77. The SMILES string of the molecule is CCN(CC)C(=O)CSc1nnc(-c2ccco2)n1Cc1ccccc1. The third-order valence-corrected chi connectivity index (χ3v) is 5.03. The number of furan rings is 1. The van der Waals surface area contributed by atoms with Crippen LogP contribution in [0.15, 0.2) is 58.3 Å². The number of hydrogen-bond donors (Lipinski definition) is 0. The third-order valence-electron chi connectivity index (χ3n) is 4.08. The Labute approximate surface area is 157 Å². The second-order valence-corrected chi connectivity index (χ2v) is 6.65. The Morgan fingerprint density at radius 1 is 1.12 bits per heavy atom. The Hall–Kier alpha value is -2.54. The molecule has 3 rings (SSSR count). The Morgan fingerprint density at radius 3 is 2.54 bits per heavy atom. The molecule has 0 aliphatic heterocycles.